The maximum absolute atomic E-state index is 12.8. The van der Waals surface area contributed by atoms with Gasteiger partial charge < -0.3 is 4.90 Å². The van der Waals surface area contributed by atoms with Crippen LogP contribution in [0.3, 0.4) is 0 Å². The Kier molecular flexibility index (Phi) is 3.20. The number of aryl methyl sites for hydroxylation is 1. The molecule has 1 atom stereocenters. The van der Waals surface area contributed by atoms with Crippen molar-refractivity contribution in [3.05, 3.63) is 24.4 Å². The Balaban J connectivity index is 1.96. The molecule has 3 rings (SSSR count). The standard InChI is InChI=1S/C13H14FN3O3S/c1-16-13-10(6-15-16)3-2-4-11(13)17-7-9(5-12(17)18)8-21(14,19)20/h2-4,6,9H,5,7-8H2,1H3. The van der Waals surface area contributed by atoms with Gasteiger partial charge in [-0.2, -0.15) is 13.5 Å². The van der Waals surface area contributed by atoms with E-state index in [1.165, 1.54) is 4.90 Å². The molecule has 1 saturated heterocycles. The van der Waals surface area contributed by atoms with Gasteiger partial charge >= 0.3 is 10.2 Å². The van der Waals surface area contributed by atoms with Gasteiger partial charge in [-0.1, -0.05) is 12.1 Å². The van der Waals surface area contributed by atoms with Crippen molar-refractivity contribution in [2.75, 3.05) is 17.2 Å². The molecule has 1 aliphatic heterocycles. The Morgan fingerprint density at radius 1 is 1.43 bits per heavy atom. The van der Waals surface area contributed by atoms with Crippen molar-refractivity contribution in [1.29, 1.82) is 0 Å². The third-order valence-electron chi connectivity index (χ3n) is 3.67. The first-order chi connectivity index (χ1) is 9.85. The summed E-state index contributed by atoms with van der Waals surface area (Å²) in [6.07, 6.45) is 1.74. The van der Waals surface area contributed by atoms with E-state index in [9.17, 15) is 17.1 Å². The number of para-hydroxylation sites is 1. The van der Waals surface area contributed by atoms with E-state index in [4.69, 9.17) is 0 Å². The number of fused-ring (bicyclic) bond motifs is 1. The number of aromatic nitrogens is 2. The largest absolute Gasteiger partial charge is 0.310 e. The molecule has 8 heteroatoms. The van der Waals surface area contributed by atoms with Crippen LogP contribution >= 0.6 is 0 Å². The van der Waals surface area contributed by atoms with Crippen molar-refractivity contribution in [2.24, 2.45) is 13.0 Å². The molecule has 2 aromatic rings. The second kappa shape index (κ2) is 4.80. The van der Waals surface area contributed by atoms with Gasteiger partial charge in [0.2, 0.25) is 5.91 Å². The molecule has 6 nitrogen and oxygen atoms in total. The molecule has 0 spiro atoms. The van der Waals surface area contributed by atoms with Crippen LogP contribution in [-0.2, 0) is 22.1 Å². The number of carbonyl (C=O) groups is 1. The van der Waals surface area contributed by atoms with Gasteiger partial charge in [0, 0.05) is 31.3 Å². The molecule has 1 amide bonds. The Labute approximate surface area is 121 Å². The van der Waals surface area contributed by atoms with E-state index in [-0.39, 0.29) is 18.9 Å². The SMILES string of the molecule is Cn1ncc2cccc(N3CC(CS(=O)(=O)F)CC3=O)c21. The van der Waals surface area contributed by atoms with E-state index < -0.39 is 21.9 Å². The number of rotatable bonds is 3. The van der Waals surface area contributed by atoms with Gasteiger partial charge in [0.15, 0.2) is 0 Å². The minimum atomic E-state index is -4.57. The normalized spacial score (nSPS) is 19.6. The molecule has 0 radical (unpaired) electrons. The lowest BCUT2D eigenvalue weighted by molar-refractivity contribution is -0.117. The molecule has 1 fully saturated rings. The van der Waals surface area contributed by atoms with Crippen LogP contribution in [0.4, 0.5) is 9.57 Å². The molecule has 2 heterocycles. The fraction of sp³-hybridized carbons (Fsp3) is 0.385. The van der Waals surface area contributed by atoms with Crippen LogP contribution in [0.5, 0.6) is 0 Å². The predicted molar refractivity (Wildman–Crippen MR) is 76.1 cm³/mol. The number of amides is 1. The quantitative estimate of drug-likeness (QED) is 0.799. The van der Waals surface area contributed by atoms with Gasteiger partial charge in [-0.15, -0.1) is 3.89 Å². The minimum absolute atomic E-state index is 0.0391. The van der Waals surface area contributed by atoms with E-state index in [1.54, 1.807) is 24.0 Å². The van der Waals surface area contributed by atoms with Crippen molar-refractivity contribution in [3.8, 4) is 0 Å². The first-order valence-corrected chi connectivity index (χ1v) is 8.04. The molecule has 0 bridgehead atoms. The van der Waals surface area contributed by atoms with Crippen molar-refractivity contribution in [3.63, 3.8) is 0 Å². The average Bonchev–Trinajstić information content (AvgIpc) is 2.91. The highest BCUT2D eigenvalue weighted by Crippen LogP contribution is 2.31. The minimum Gasteiger partial charge on any atom is -0.310 e. The van der Waals surface area contributed by atoms with E-state index in [2.05, 4.69) is 5.10 Å². The lowest BCUT2D eigenvalue weighted by Crippen LogP contribution is -2.26. The predicted octanol–water partition coefficient (Wildman–Crippen LogP) is 1.23. The van der Waals surface area contributed by atoms with Gasteiger partial charge in [-0.3, -0.25) is 9.48 Å². The van der Waals surface area contributed by atoms with Crippen LogP contribution in [-0.4, -0.2) is 36.4 Å². The topological polar surface area (TPSA) is 72.3 Å². The number of benzene rings is 1. The summed E-state index contributed by atoms with van der Waals surface area (Å²) in [6.45, 7) is 0.201. The van der Waals surface area contributed by atoms with E-state index in [1.807, 2.05) is 12.1 Å². The molecule has 21 heavy (non-hydrogen) atoms. The number of anilines is 1. The molecule has 1 aliphatic rings. The number of halogens is 1. The van der Waals surface area contributed by atoms with Gasteiger partial charge in [0.25, 0.3) is 0 Å². The first-order valence-electron chi connectivity index (χ1n) is 6.48. The van der Waals surface area contributed by atoms with Gasteiger partial charge in [-0.25, -0.2) is 0 Å². The summed E-state index contributed by atoms with van der Waals surface area (Å²) in [4.78, 5) is 13.6. The summed E-state index contributed by atoms with van der Waals surface area (Å²) in [5.41, 5.74) is 1.48. The molecule has 1 unspecified atom stereocenters. The smallest absolute Gasteiger partial charge is 0.302 e. The lowest BCUT2D eigenvalue weighted by Gasteiger charge is -2.18. The first kappa shape index (κ1) is 14.0. The second-order valence-electron chi connectivity index (χ2n) is 5.26. The van der Waals surface area contributed by atoms with Crippen molar-refractivity contribution < 1.29 is 17.1 Å². The van der Waals surface area contributed by atoms with Crippen LogP contribution in [0.25, 0.3) is 10.9 Å². The number of hydrogen-bond donors (Lipinski definition) is 0. The lowest BCUT2D eigenvalue weighted by atomic mass is 10.1. The summed E-state index contributed by atoms with van der Waals surface area (Å²) >= 11 is 0. The molecule has 1 aromatic heterocycles. The Morgan fingerprint density at radius 2 is 2.19 bits per heavy atom. The molecular weight excluding hydrogens is 297 g/mol. The third kappa shape index (κ3) is 2.63. The summed E-state index contributed by atoms with van der Waals surface area (Å²) < 4.78 is 36.0. The monoisotopic (exact) mass is 311 g/mol. The van der Waals surface area contributed by atoms with E-state index in [0.29, 0.717) is 5.69 Å². The molecule has 0 aliphatic carbocycles. The maximum Gasteiger partial charge on any atom is 0.302 e. The zero-order valence-electron chi connectivity index (χ0n) is 11.4. The number of nitrogens with zero attached hydrogens (tertiary/aromatic N) is 3. The van der Waals surface area contributed by atoms with Crippen LogP contribution < -0.4 is 4.90 Å². The zero-order valence-corrected chi connectivity index (χ0v) is 12.2. The van der Waals surface area contributed by atoms with Gasteiger partial charge in [-0.05, 0) is 6.07 Å². The Morgan fingerprint density at radius 3 is 2.90 bits per heavy atom. The average molecular weight is 311 g/mol. The highest BCUT2D eigenvalue weighted by atomic mass is 32.3. The summed E-state index contributed by atoms with van der Waals surface area (Å²) in [5.74, 6) is -1.33. The van der Waals surface area contributed by atoms with Crippen molar-refractivity contribution in [2.45, 2.75) is 6.42 Å². The zero-order chi connectivity index (χ0) is 15.2. The molecular formula is C13H14FN3O3S. The van der Waals surface area contributed by atoms with E-state index in [0.717, 1.165) is 10.9 Å². The Hall–Kier alpha value is -1.96. The Bertz CT molecular complexity index is 815. The molecule has 0 saturated carbocycles. The van der Waals surface area contributed by atoms with Crippen molar-refractivity contribution >= 4 is 32.7 Å². The molecule has 112 valence electrons. The van der Waals surface area contributed by atoms with Gasteiger partial charge in [0.1, 0.15) is 0 Å². The third-order valence-corrected chi connectivity index (χ3v) is 4.54. The molecule has 1 aromatic carbocycles. The van der Waals surface area contributed by atoms with Crippen molar-refractivity contribution in [1.82, 2.24) is 9.78 Å². The highest BCUT2D eigenvalue weighted by Gasteiger charge is 2.34. The summed E-state index contributed by atoms with van der Waals surface area (Å²) in [7, 11) is -2.80. The fourth-order valence-electron chi connectivity index (χ4n) is 2.84. The van der Waals surface area contributed by atoms with Crippen LogP contribution in [0.2, 0.25) is 0 Å². The van der Waals surface area contributed by atoms with E-state index >= 15 is 0 Å². The summed E-state index contributed by atoms with van der Waals surface area (Å²) in [6, 6.07) is 5.48. The van der Waals surface area contributed by atoms with Crippen LogP contribution in [0, 0.1) is 5.92 Å². The van der Waals surface area contributed by atoms with Crippen LogP contribution in [0.1, 0.15) is 6.42 Å². The fourth-order valence-corrected chi connectivity index (χ4v) is 3.62. The number of hydrogen-bond acceptors (Lipinski definition) is 4. The number of carbonyl (C=O) groups excluding carboxylic acids is 1. The second-order valence-corrected chi connectivity index (χ2v) is 6.67. The maximum atomic E-state index is 12.8. The highest BCUT2D eigenvalue weighted by molar-refractivity contribution is 7.86. The summed E-state index contributed by atoms with van der Waals surface area (Å²) in [5, 5.41) is 5.05. The molecule has 0 N–H and O–H groups in total. The van der Waals surface area contributed by atoms with Gasteiger partial charge in [0.05, 0.1) is 23.2 Å². The van der Waals surface area contributed by atoms with Crippen LogP contribution in [0.15, 0.2) is 24.4 Å².